The molecule has 6 heteroatoms. The molecule has 1 N–H and O–H groups in total. The SMILES string of the molecule is CC(C)CNc1oc(COc2ccc(Cl)cc2)nc1C#N. The highest BCUT2D eigenvalue weighted by Gasteiger charge is 2.13. The van der Waals surface area contributed by atoms with Crippen LogP contribution >= 0.6 is 11.6 Å². The molecule has 21 heavy (non-hydrogen) atoms. The number of nitriles is 1. The first kappa shape index (κ1) is 15.2. The molecule has 0 amide bonds. The maximum absolute atomic E-state index is 9.04. The fourth-order valence-electron chi connectivity index (χ4n) is 1.59. The molecule has 5 nitrogen and oxygen atoms in total. The number of nitrogens with one attached hydrogen (secondary N) is 1. The van der Waals surface area contributed by atoms with Crippen molar-refractivity contribution in [2.24, 2.45) is 5.92 Å². The van der Waals surface area contributed by atoms with Crippen LogP contribution in [0.25, 0.3) is 0 Å². The summed E-state index contributed by atoms with van der Waals surface area (Å²) in [6, 6.07) is 9.00. The quantitative estimate of drug-likeness (QED) is 0.877. The van der Waals surface area contributed by atoms with Crippen LogP contribution in [0, 0.1) is 17.2 Å². The van der Waals surface area contributed by atoms with Crippen LogP contribution in [0.5, 0.6) is 5.75 Å². The van der Waals surface area contributed by atoms with Gasteiger partial charge in [-0.25, -0.2) is 0 Å². The van der Waals surface area contributed by atoms with Gasteiger partial charge in [0, 0.05) is 11.6 Å². The predicted octanol–water partition coefficient (Wildman–Crippen LogP) is 3.85. The molecule has 0 saturated carbocycles. The Balaban J connectivity index is 2.00. The molecule has 1 heterocycles. The molecule has 0 unspecified atom stereocenters. The molecule has 110 valence electrons. The first-order chi connectivity index (χ1) is 10.1. The van der Waals surface area contributed by atoms with Crippen LogP contribution in [0.3, 0.4) is 0 Å². The van der Waals surface area contributed by atoms with Gasteiger partial charge >= 0.3 is 0 Å². The van der Waals surface area contributed by atoms with E-state index in [1.54, 1.807) is 24.3 Å². The molecule has 0 bridgehead atoms. The number of hydrogen-bond donors (Lipinski definition) is 1. The number of oxazole rings is 1. The van der Waals surface area contributed by atoms with Crippen molar-refractivity contribution in [1.82, 2.24) is 4.98 Å². The van der Waals surface area contributed by atoms with E-state index in [0.29, 0.717) is 35.0 Å². The van der Waals surface area contributed by atoms with E-state index >= 15 is 0 Å². The second kappa shape index (κ2) is 7.00. The van der Waals surface area contributed by atoms with Gasteiger partial charge in [0.1, 0.15) is 11.8 Å². The van der Waals surface area contributed by atoms with E-state index in [2.05, 4.69) is 24.1 Å². The second-order valence-corrected chi connectivity index (χ2v) is 5.35. The van der Waals surface area contributed by atoms with Gasteiger partial charge in [0.2, 0.25) is 17.5 Å². The molecule has 0 spiro atoms. The average molecular weight is 306 g/mol. The highest BCUT2D eigenvalue weighted by Crippen LogP contribution is 2.20. The summed E-state index contributed by atoms with van der Waals surface area (Å²) in [5.74, 6) is 1.84. The summed E-state index contributed by atoms with van der Waals surface area (Å²) in [5.41, 5.74) is 0.241. The smallest absolute Gasteiger partial charge is 0.236 e. The Morgan fingerprint density at radius 3 is 2.71 bits per heavy atom. The lowest BCUT2D eigenvalue weighted by Gasteiger charge is -2.05. The van der Waals surface area contributed by atoms with Gasteiger partial charge in [0.25, 0.3) is 0 Å². The van der Waals surface area contributed by atoms with Crippen LogP contribution in [-0.2, 0) is 6.61 Å². The van der Waals surface area contributed by atoms with Gasteiger partial charge in [-0.15, -0.1) is 0 Å². The number of halogens is 1. The Kier molecular flexibility index (Phi) is 5.07. The molecule has 2 aromatic rings. The molecule has 0 fully saturated rings. The zero-order valence-corrected chi connectivity index (χ0v) is 12.6. The second-order valence-electron chi connectivity index (χ2n) is 4.91. The summed E-state index contributed by atoms with van der Waals surface area (Å²) in [6.07, 6.45) is 0. The minimum absolute atomic E-state index is 0.152. The summed E-state index contributed by atoms with van der Waals surface area (Å²) >= 11 is 5.80. The first-order valence-corrected chi connectivity index (χ1v) is 6.98. The molecule has 1 aromatic carbocycles. The van der Waals surface area contributed by atoms with E-state index in [9.17, 15) is 0 Å². The summed E-state index contributed by atoms with van der Waals surface area (Å²) in [5, 5.41) is 12.8. The Hall–Kier alpha value is -2.19. The lowest BCUT2D eigenvalue weighted by molar-refractivity contribution is 0.264. The number of anilines is 1. The summed E-state index contributed by atoms with van der Waals surface area (Å²) < 4.78 is 11.0. The van der Waals surface area contributed by atoms with Gasteiger partial charge < -0.3 is 14.5 Å². The fraction of sp³-hybridized carbons (Fsp3) is 0.333. The Morgan fingerprint density at radius 1 is 1.38 bits per heavy atom. The first-order valence-electron chi connectivity index (χ1n) is 6.60. The number of ether oxygens (including phenoxy) is 1. The molecular formula is C15H16ClN3O2. The van der Waals surface area contributed by atoms with Crippen LogP contribution < -0.4 is 10.1 Å². The van der Waals surface area contributed by atoms with Gasteiger partial charge in [0.05, 0.1) is 0 Å². The molecule has 0 aliphatic carbocycles. The molecule has 0 atom stereocenters. The predicted molar refractivity (Wildman–Crippen MR) is 80.3 cm³/mol. The van der Waals surface area contributed by atoms with Crippen LogP contribution in [0.1, 0.15) is 25.4 Å². The third kappa shape index (κ3) is 4.40. The maximum atomic E-state index is 9.04. The largest absolute Gasteiger partial charge is 0.484 e. The van der Waals surface area contributed by atoms with Crippen LogP contribution in [0.2, 0.25) is 5.02 Å². The van der Waals surface area contributed by atoms with E-state index in [-0.39, 0.29) is 12.3 Å². The summed E-state index contributed by atoms with van der Waals surface area (Å²) in [7, 11) is 0. The number of hydrogen-bond acceptors (Lipinski definition) is 5. The van der Waals surface area contributed by atoms with Crippen LogP contribution in [0.4, 0.5) is 5.88 Å². The standard InChI is InChI=1S/C15H16ClN3O2/c1-10(2)8-18-15-13(7-17)19-14(21-15)9-20-12-5-3-11(16)4-6-12/h3-6,10,18H,8-9H2,1-2H3. The highest BCUT2D eigenvalue weighted by molar-refractivity contribution is 6.30. The molecule has 1 aromatic heterocycles. The number of benzene rings is 1. The molecule has 0 saturated heterocycles. The third-order valence-corrected chi connectivity index (χ3v) is 2.88. The lowest BCUT2D eigenvalue weighted by Crippen LogP contribution is -2.08. The number of aromatic nitrogens is 1. The minimum atomic E-state index is 0.152. The third-order valence-electron chi connectivity index (χ3n) is 2.62. The van der Waals surface area contributed by atoms with Gasteiger partial charge in [-0.1, -0.05) is 25.4 Å². The van der Waals surface area contributed by atoms with Gasteiger partial charge in [-0.3, -0.25) is 0 Å². The van der Waals surface area contributed by atoms with Crippen LogP contribution in [0.15, 0.2) is 28.7 Å². The zero-order valence-electron chi connectivity index (χ0n) is 11.9. The van der Waals surface area contributed by atoms with Crippen molar-refractivity contribution in [1.29, 1.82) is 5.26 Å². The van der Waals surface area contributed by atoms with Crippen molar-refractivity contribution < 1.29 is 9.15 Å². The molecule has 0 aliphatic rings. The van der Waals surface area contributed by atoms with Crippen molar-refractivity contribution in [3.05, 3.63) is 40.9 Å². The van der Waals surface area contributed by atoms with Crippen molar-refractivity contribution in [3.8, 4) is 11.8 Å². The average Bonchev–Trinajstić information content (AvgIpc) is 2.87. The lowest BCUT2D eigenvalue weighted by atomic mass is 10.2. The molecular weight excluding hydrogens is 290 g/mol. The molecule has 0 aliphatic heterocycles. The van der Waals surface area contributed by atoms with Crippen LogP contribution in [-0.4, -0.2) is 11.5 Å². The van der Waals surface area contributed by atoms with E-state index < -0.39 is 0 Å². The minimum Gasteiger partial charge on any atom is -0.484 e. The van der Waals surface area contributed by atoms with Crippen molar-refractivity contribution in [2.75, 3.05) is 11.9 Å². The van der Waals surface area contributed by atoms with Crippen molar-refractivity contribution in [3.63, 3.8) is 0 Å². The van der Waals surface area contributed by atoms with Gasteiger partial charge in [-0.2, -0.15) is 10.2 Å². The topological polar surface area (TPSA) is 71.1 Å². The normalized spacial score (nSPS) is 10.4. The van der Waals surface area contributed by atoms with E-state index in [1.807, 2.05) is 6.07 Å². The van der Waals surface area contributed by atoms with Gasteiger partial charge in [0.15, 0.2) is 6.61 Å². The van der Waals surface area contributed by atoms with E-state index in [0.717, 1.165) is 0 Å². The molecule has 2 rings (SSSR count). The maximum Gasteiger partial charge on any atom is 0.236 e. The van der Waals surface area contributed by atoms with E-state index in [4.69, 9.17) is 26.0 Å². The summed E-state index contributed by atoms with van der Waals surface area (Å²) in [4.78, 5) is 4.10. The fourth-order valence-corrected chi connectivity index (χ4v) is 1.72. The van der Waals surface area contributed by atoms with Crippen molar-refractivity contribution in [2.45, 2.75) is 20.5 Å². The van der Waals surface area contributed by atoms with Crippen molar-refractivity contribution >= 4 is 17.5 Å². The number of rotatable bonds is 6. The Morgan fingerprint density at radius 2 is 2.10 bits per heavy atom. The Labute approximate surface area is 128 Å². The monoisotopic (exact) mass is 305 g/mol. The zero-order chi connectivity index (χ0) is 15.2. The summed E-state index contributed by atoms with van der Waals surface area (Å²) in [6.45, 7) is 5.00. The van der Waals surface area contributed by atoms with E-state index in [1.165, 1.54) is 0 Å². The number of nitrogens with zero attached hydrogens (tertiary/aromatic N) is 2. The molecule has 0 radical (unpaired) electrons. The van der Waals surface area contributed by atoms with Gasteiger partial charge in [-0.05, 0) is 30.2 Å². The Bertz CT molecular complexity index is 629. The highest BCUT2D eigenvalue weighted by atomic mass is 35.5.